The van der Waals surface area contributed by atoms with Crippen molar-refractivity contribution in [2.24, 2.45) is 18.9 Å². The third kappa shape index (κ3) is 3.37. The number of carbonyl (C=O) groups excluding carboxylic acids is 1. The second-order valence-electron chi connectivity index (χ2n) is 6.85. The largest absolute Gasteiger partial charge is 0.341 e. The number of likely N-dealkylation sites (tertiary alicyclic amines) is 1. The van der Waals surface area contributed by atoms with E-state index in [0.717, 1.165) is 17.9 Å². The summed E-state index contributed by atoms with van der Waals surface area (Å²) < 4.78 is 1.55. The Morgan fingerprint density at radius 2 is 2.04 bits per heavy atom. The van der Waals surface area contributed by atoms with Crippen molar-refractivity contribution in [3.05, 3.63) is 21.8 Å². The zero-order chi connectivity index (χ0) is 17.4. The van der Waals surface area contributed by atoms with E-state index in [-0.39, 0.29) is 16.7 Å². The van der Waals surface area contributed by atoms with Crippen molar-refractivity contribution in [2.45, 2.75) is 37.6 Å². The van der Waals surface area contributed by atoms with E-state index >= 15 is 0 Å². The molecule has 1 saturated heterocycles. The van der Waals surface area contributed by atoms with Crippen molar-refractivity contribution >= 4 is 39.2 Å². The molecule has 130 valence electrons. The van der Waals surface area contributed by atoms with Gasteiger partial charge in [-0.3, -0.25) is 14.2 Å². The van der Waals surface area contributed by atoms with Crippen LogP contribution >= 0.6 is 23.1 Å². The minimum Gasteiger partial charge on any atom is -0.341 e. The van der Waals surface area contributed by atoms with Gasteiger partial charge in [-0.05, 0) is 36.6 Å². The van der Waals surface area contributed by atoms with Crippen molar-refractivity contribution in [3.63, 3.8) is 0 Å². The fourth-order valence-corrected chi connectivity index (χ4v) is 5.16. The Bertz CT molecular complexity index is 804. The van der Waals surface area contributed by atoms with Crippen LogP contribution in [0.25, 0.3) is 10.2 Å². The number of thioether (sulfide) groups is 1. The Balaban J connectivity index is 1.79. The van der Waals surface area contributed by atoms with E-state index in [4.69, 9.17) is 0 Å². The number of fused-ring (bicyclic) bond motifs is 1. The zero-order valence-electron chi connectivity index (χ0n) is 14.5. The van der Waals surface area contributed by atoms with Gasteiger partial charge in [0.15, 0.2) is 5.16 Å². The minimum absolute atomic E-state index is 0.0522. The number of piperidine rings is 1. The number of nitrogens with zero attached hydrogens (tertiary/aromatic N) is 3. The van der Waals surface area contributed by atoms with Crippen LogP contribution < -0.4 is 5.56 Å². The third-order valence-corrected chi connectivity index (χ3v) is 6.41. The molecular weight excluding hydrogens is 342 g/mol. The lowest BCUT2D eigenvalue weighted by molar-refractivity contribution is -0.132. The monoisotopic (exact) mass is 365 g/mol. The SMILES string of the molecule is C[C@@H]1C[C@@H](C)CN(C(=O)[C@H](C)Sc2nc3sccc3c(=O)n2C)C1. The summed E-state index contributed by atoms with van der Waals surface area (Å²) >= 11 is 2.83. The Hall–Kier alpha value is -1.34. The summed E-state index contributed by atoms with van der Waals surface area (Å²) in [6, 6.07) is 1.80. The average molecular weight is 366 g/mol. The molecule has 1 fully saturated rings. The highest BCUT2D eigenvalue weighted by Gasteiger charge is 2.29. The van der Waals surface area contributed by atoms with Crippen molar-refractivity contribution in [2.75, 3.05) is 13.1 Å². The zero-order valence-corrected chi connectivity index (χ0v) is 16.1. The molecule has 3 rings (SSSR count). The van der Waals surface area contributed by atoms with E-state index in [1.54, 1.807) is 17.7 Å². The second-order valence-corrected chi connectivity index (χ2v) is 9.05. The maximum Gasteiger partial charge on any atom is 0.262 e. The molecule has 1 amide bonds. The summed E-state index contributed by atoms with van der Waals surface area (Å²) in [7, 11) is 1.72. The predicted octanol–water partition coefficient (Wildman–Crippen LogP) is 2.98. The fraction of sp³-hybridized carbons (Fsp3) is 0.588. The molecule has 3 atom stereocenters. The van der Waals surface area contributed by atoms with Gasteiger partial charge in [0.1, 0.15) is 4.83 Å². The Morgan fingerprint density at radius 3 is 2.71 bits per heavy atom. The number of amides is 1. The van der Waals surface area contributed by atoms with Gasteiger partial charge in [-0.2, -0.15) is 0 Å². The maximum atomic E-state index is 12.8. The number of carbonyl (C=O) groups is 1. The van der Waals surface area contributed by atoms with E-state index in [0.29, 0.717) is 22.4 Å². The highest BCUT2D eigenvalue weighted by atomic mass is 32.2. The first-order valence-electron chi connectivity index (χ1n) is 8.26. The Morgan fingerprint density at radius 1 is 1.38 bits per heavy atom. The Kier molecular flexibility index (Phi) is 5.01. The number of rotatable bonds is 3. The van der Waals surface area contributed by atoms with Crippen LogP contribution in [0.5, 0.6) is 0 Å². The molecule has 0 spiro atoms. The van der Waals surface area contributed by atoms with Crippen molar-refractivity contribution in [1.82, 2.24) is 14.5 Å². The van der Waals surface area contributed by atoms with E-state index in [1.165, 1.54) is 29.5 Å². The highest BCUT2D eigenvalue weighted by Crippen LogP contribution is 2.27. The topological polar surface area (TPSA) is 55.2 Å². The van der Waals surface area contributed by atoms with Crippen LogP contribution in [0.4, 0.5) is 0 Å². The summed E-state index contributed by atoms with van der Waals surface area (Å²) in [5.74, 6) is 1.22. The smallest absolute Gasteiger partial charge is 0.262 e. The Labute approximate surface area is 150 Å². The normalized spacial score (nSPS) is 22.8. The highest BCUT2D eigenvalue weighted by molar-refractivity contribution is 8.00. The van der Waals surface area contributed by atoms with Gasteiger partial charge in [0.2, 0.25) is 5.91 Å². The van der Waals surface area contributed by atoms with Gasteiger partial charge < -0.3 is 4.90 Å². The molecule has 0 radical (unpaired) electrons. The van der Waals surface area contributed by atoms with Crippen LogP contribution in [0.1, 0.15) is 27.2 Å². The molecule has 2 aromatic heterocycles. The predicted molar refractivity (Wildman–Crippen MR) is 99.7 cm³/mol. The molecule has 7 heteroatoms. The molecule has 1 aliphatic rings. The van der Waals surface area contributed by atoms with Gasteiger partial charge in [0.05, 0.1) is 10.6 Å². The molecule has 0 aromatic carbocycles. The van der Waals surface area contributed by atoms with E-state index in [1.807, 2.05) is 17.2 Å². The second kappa shape index (κ2) is 6.88. The molecule has 0 saturated carbocycles. The van der Waals surface area contributed by atoms with Crippen LogP contribution in [0.3, 0.4) is 0 Å². The minimum atomic E-state index is -0.252. The summed E-state index contributed by atoms with van der Waals surface area (Å²) in [6.07, 6.45) is 1.18. The fourth-order valence-electron chi connectivity index (χ4n) is 3.39. The van der Waals surface area contributed by atoms with Crippen molar-refractivity contribution in [1.29, 1.82) is 0 Å². The summed E-state index contributed by atoms with van der Waals surface area (Å²) in [6.45, 7) is 7.95. The quantitative estimate of drug-likeness (QED) is 0.620. The first kappa shape index (κ1) is 17.5. The number of hydrogen-bond donors (Lipinski definition) is 0. The summed E-state index contributed by atoms with van der Waals surface area (Å²) in [5.41, 5.74) is -0.0522. The third-order valence-electron chi connectivity index (χ3n) is 4.47. The van der Waals surface area contributed by atoms with Crippen LogP contribution in [-0.2, 0) is 11.8 Å². The summed E-state index contributed by atoms with van der Waals surface area (Å²) in [4.78, 5) is 32.4. The molecule has 3 heterocycles. The number of thiophene rings is 1. The van der Waals surface area contributed by atoms with Gasteiger partial charge in [-0.1, -0.05) is 25.6 Å². The summed E-state index contributed by atoms with van der Waals surface area (Å²) in [5, 5.41) is 2.87. The molecule has 0 aliphatic carbocycles. The molecule has 0 unspecified atom stereocenters. The molecule has 0 N–H and O–H groups in total. The lowest BCUT2D eigenvalue weighted by Gasteiger charge is -2.36. The molecular formula is C17H23N3O2S2. The van der Waals surface area contributed by atoms with Crippen molar-refractivity contribution < 1.29 is 4.79 Å². The average Bonchev–Trinajstić information content (AvgIpc) is 2.99. The van der Waals surface area contributed by atoms with E-state index in [9.17, 15) is 9.59 Å². The first-order valence-corrected chi connectivity index (χ1v) is 10.0. The van der Waals surface area contributed by atoms with Gasteiger partial charge in [-0.25, -0.2) is 4.98 Å². The van der Waals surface area contributed by atoms with Gasteiger partial charge in [0.25, 0.3) is 5.56 Å². The van der Waals surface area contributed by atoms with Gasteiger partial charge >= 0.3 is 0 Å². The molecule has 0 bridgehead atoms. The standard InChI is InChI=1S/C17H23N3O2S2/c1-10-7-11(2)9-20(8-10)15(21)12(3)24-17-18-14-13(5-6-23-14)16(22)19(17)4/h5-6,10-12H,7-9H2,1-4H3/t10-,11-,12+/m1/s1. The van der Waals surface area contributed by atoms with Gasteiger partial charge in [-0.15, -0.1) is 11.3 Å². The molecule has 1 aliphatic heterocycles. The molecule has 24 heavy (non-hydrogen) atoms. The van der Waals surface area contributed by atoms with Crippen molar-refractivity contribution in [3.8, 4) is 0 Å². The number of aromatic nitrogens is 2. The lowest BCUT2D eigenvalue weighted by Crippen LogP contribution is -2.45. The maximum absolute atomic E-state index is 12.8. The van der Waals surface area contributed by atoms with Crippen LogP contribution in [-0.4, -0.2) is 38.7 Å². The molecule has 5 nitrogen and oxygen atoms in total. The number of hydrogen-bond acceptors (Lipinski definition) is 5. The first-order chi connectivity index (χ1) is 11.4. The lowest BCUT2D eigenvalue weighted by atomic mass is 9.92. The molecule has 2 aromatic rings. The van der Waals surface area contributed by atoms with Crippen LogP contribution in [0, 0.1) is 11.8 Å². The van der Waals surface area contributed by atoms with Crippen LogP contribution in [0.15, 0.2) is 21.4 Å². The van der Waals surface area contributed by atoms with E-state index in [2.05, 4.69) is 18.8 Å². The van der Waals surface area contributed by atoms with Gasteiger partial charge in [0, 0.05) is 20.1 Å². The van der Waals surface area contributed by atoms with E-state index < -0.39 is 0 Å². The van der Waals surface area contributed by atoms with Crippen LogP contribution in [0.2, 0.25) is 0 Å².